The Bertz CT molecular complexity index is 1060. The van der Waals surface area contributed by atoms with Crippen LogP contribution in [0.15, 0.2) is 30.3 Å². The van der Waals surface area contributed by atoms with Gasteiger partial charge in [0.05, 0.1) is 5.69 Å². The fourth-order valence-corrected chi connectivity index (χ4v) is 6.22. The first-order valence-corrected chi connectivity index (χ1v) is 12.9. The lowest BCUT2D eigenvalue weighted by Gasteiger charge is -2.32. The zero-order valence-electron chi connectivity index (χ0n) is 19.3. The van der Waals surface area contributed by atoms with E-state index in [9.17, 15) is 9.59 Å². The fourth-order valence-electron chi connectivity index (χ4n) is 5.64. The van der Waals surface area contributed by atoms with Crippen molar-refractivity contribution in [3.63, 3.8) is 0 Å². The number of likely N-dealkylation sites (tertiary alicyclic amines) is 1. The summed E-state index contributed by atoms with van der Waals surface area (Å²) in [5.41, 5.74) is 5.33. The van der Waals surface area contributed by atoms with Crippen LogP contribution in [0, 0.1) is 5.92 Å². The van der Waals surface area contributed by atoms with E-state index in [0.29, 0.717) is 18.8 Å². The minimum atomic E-state index is 0. The normalized spacial score (nSPS) is 18.1. The third-order valence-corrected chi connectivity index (χ3v) is 8.31. The van der Waals surface area contributed by atoms with Crippen LogP contribution in [-0.2, 0) is 24.1 Å². The van der Waals surface area contributed by atoms with Gasteiger partial charge >= 0.3 is 0 Å². The summed E-state index contributed by atoms with van der Waals surface area (Å²) < 4.78 is 0. The molecule has 1 saturated heterocycles. The van der Waals surface area contributed by atoms with E-state index < -0.39 is 0 Å². The van der Waals surface area contributed by atoms with Crippen molar-refractivity contribution in [2.24, 2.45) is 5.92 Å². The standard InChI is InChI=1S/C27H30Cl2N2O2.ClH/c28-23-2-1-3-24(29)22(23)11-14-30-12-8-18(9-13-30)4-6-25(32)21-16-19-5-7-26(33)31-15-10-20(17-21)27(19)31;/h1-3,16-18H,4-15H2;1H. The van der Waals surface area contributed by atoms with Crippen LogP contribution in [-0.4, -0.2) is 42.8 Å². The Kier molecular flexibility index (Phi) is 8.24. The molecule has 0 aromatic heterocycles. The van der Waals surface area contributed by atoms with Gasteiger partial charge in [0, 0.05) is 41.5 Å². The van der Waals surface area contributed by atoms with Gasteiger partial charge in [0.1, 0.15) is 0 Å². The molecule has 34 heavy (non-hydrogen) atoms. The van der Waals surface area contributed by atoms with Gasteiger partial charge in [0.2, 0.25) is 5.91 Å². The Morgan fingerprint density at radius 3 is 2.35 bits per heavy atom. The molecule has 182 valence electrons. The zero-order valence-corrected chi connectivity index (χ0v) is 21.7. The van der Waals surface area contributed by atoms with E-state index in [1.54, 1.807) is 0 Å². The number of piperidine rings is 1. The van der Waals surface area contributed by atoms with Gasteiger partial charge in [-0.25, -0.2) is 0 Å². The molecule has 2 aromatic carbocycles. The van der Waals surface area contributed by atoms with Crippen LogP contribution in [0.25, 0.3) is 0 Å². The van der Waals surface area contributed by atoms with Crippen molar-refractivity contribution in [3.05, 3.63) is 62.6 Å². The average Bonchev–Trinajstić information content (AvgIpc) is 3.26. The van der Waals surface area contributed by atoms with Crippen LogP contribution in [0.4, 0.5) is 5.69 Å². The third-order valence-electron chi connectivity index (χ3n) is 7.60. The number of aryl methyl sites for hydroxylation is 1. The number of carbonyl (C=O) groups is 2. The first-order valence-electron chi connectivity index (χ1n) is 12.1. The largest absolute Gasteiger partial charge is 0.312 e. The van der Waals surface area contributed by atoms with Gasteiger partial charge in [-0.1, -0.05) is 29.3 Å². The fraction of sp³-hybridized carbons (Fsp3) is 0.481. The highest BCUT2D eigenvalue weighted by Crippen LogP contribution is 2.38. The van der Waals surface area contributed by atoms with Crippen LogP contribution >= 0.6 is 35.6 Å². The third kappa shape index (κ3) is 5.31. The second-order valence-electron chi connectivity index (χ2n) is 9.64. The van der Waals surface area contributed by atoms with Gasteiger partial charge in [-0.2, -0.15) is 0 Å². The van der Waals surface area contributed by atoms with Gasteiger partial charge in [-0.3, -0.25) is 9.59 Å². The molecule has 0 aliphatic carbocycles. The Hall–Kier alpha value is -1.59. The number of anilines is 1. The van der Waals surface area contributed by atoms with Gasteiger partial charge in [-0.05, 0) is 98.5 Å². The van der Waals surface area contributed by atoms with Crippen LogP contribution in [0.3, 0.4) is 0 Å². The maximum absolute atomic E-state index is 13.0. The second-order valence-corrected chi connectivity index (χ2v) is 10.4. The number of amides is 1. The van der Waals surface area contributed by atoms with E-state index in [0.717, 1.165) is 91.6 Å². The average molecular weight is 522 g/mol. The molecule has 0 N–H and O–H groups in total. The topological polar surface area (TPSA) is 40.6 Å². The first kappa shape index (κ1) is 25.5. The number of benzene rings is 2. The summed E-state index contributed by atoms with van der Waals surface area (Å²) in [6.07, 6.45) is 6.90. The van der Waals surface area contributed by atoms with E-state index in [4.69, 9.17) is 23.2 Å². The Morgan fingerprint density at radius 1 is 0.971 bits per heavy atom. The van der Waals surface area contributed by atoms with Crippen LogP contribution < -0.4 is 4.90 Å². The lowest BCUT2D eigenvalue weighted by molar-refractivity contribution is -0.118. The van der Waals surface area contributed by atoms with Crippen molar-refractivity contribution in [2.45, 2.75) is 51.4 Å². The summed E-state index contributed by atoms with van der Waals surface area (Å²) in [4.78, 5) is 29.5. The van der Waals surface area contributed by atoms with Crippen molar-refractivity contribution in [2.75, 3.05) is 31.1 Å². The lowest BCUT2D eigenvalue weighted by atomic mass is 9.89. The number of halogens is 3. The maximum atomic E-state index is 13.0. The number of hydrogen-bond donors (Lipinski definition) is 0. The lowest BCUT2D eigenvalue weighted by Crippen LogP contribution is -2.35. The molecule has 2 aromatic rings. The van der Waals surface area contributed by atoms with E-state index in [-0.39, 0.29) is 24.1 Å². The van der Waals surface area contributed by atoms with Crippen molar-refractivity contribution in [3.8, 4) is 0 Å². The Balaban J connectivity index is 0.00000274. The summed E-state index contributed by atoms with van der Waals surface area (Å²) in [5, 5.41) is 1.49. The van der Waals surface area contributed by atoms with E-state index in [1.807, 2.05) is 35.2 Å². The highest BCUT2D eigenvalue weighted by Gasteiger charge is 2.32. The molecule has 5 rings (SSSR count). The summed E-state index contributed by atoms with van der Waals surface area (Å²) in [6, 6.07) is 9.78. The highest BCUT2D eigenvalue weighted by atomic mass is 35.5. The summed E-state index contributed by atoms with van der Waals surface area (Å²) >= 11 is 12.6. The molecule has 0 atom stereocenters. The second kappa shape index (κ2) is 11.0. The minimum absolute atomic E-state index is 0. The van der Waals surface area contributed by atoms with Gasteiger partial charge in [0.15, 0.2) is 5.78 Å². The molecule has 4 nitrogen and oxygen atoms in total. The van der Waals surface area contributed by atoms with Gasteiger partial charge in [0.25, 0.3) is 0 Å². The molecule has 0 spiro atoms. The smallest absolute Gasteiger partial charge is 0.227 e. The molecule has 0 radical (unpaired) electrons. The van der Waals surface area contributed by atoms with Crippen molar-refractivity contribution in [1.82, 2.24) is 4.90 Å². The number of carbonyl (C=O) groups excluding carboxylic acids is 2. The van der Waals surface area contributed by atoms with Crippen LogP contribution in [0.5, 0.6) is 0 Å². The molecule has 1 fully saturated rings. The number of rotatable bonds is 7. The molecule has 0 saturated carbocycles. The number of Topliss-reactive ketones (excluding diaryl/α,β-unsaturated/α-hetero) is 1. The quantitative estimate of drug-likeness (QED) is 0.409. The van der Waals surface area contributed by atoms with Gasteiger partial charge in [-0.15, -0.1) is 12.4 Å². The molecule has 7 heteroatoms. The summed E-state index contributed by atoms with van der Waals surface area (Å²) in [5.74, 6) is 1.08. The highest BCUT2D eigenvalue weighted by molar-refractivity contribution is 6.36. The molecule has 0 unspecified atom stereocenters. The molecule has 1 amide bonds. The Morgan fingerprint density at radius 2 is 1.65 bits per heavy atom. The molecular formula is C27H31Cl3N2O2. The van der Waals surface area contributed by atoms with Crippen LogP contribution in [0.2, 0.25) is 10.0 Å². The molecule has 3 aliphatic heterocycles. The predicted molar refractivity (Wildman–Crippen MR) is 141 cm³/mol. The van der Waals surface area contributed by atoms with Crippen molar-refractivity contribution in [1.29, 1.82) is 0 Å². The van der Waals surface area contributed by atoms with E-state index >= 15 is 0 Å². The molecule has 3 heterocycles. The van der Waals surface area contributed by atoms with E-state index in [2.05, 4.69) is 4.90 Å². The van der Waals surface area contributed by atoms with Gasteiger partial charge < -0.3 is 9.80 Å². The van der Waals surface area contributed by atoms with Crippen molar-refractivity contribution < 1.29 is 9.59 Å². The van der Waals surface area contributed by atoms with E-state index in [1.165, 1.54) is 11.1 Å². The maximum Gasteiger partial charge on any atom is 0.227 e. The monoisotopic (exact) mass is 520 g/mol. The summed E-state index contributed by atoms with van der Waals surface area (Å²) in [7, 11) is 0. The molecular weight excluding hydrogens is 491 g/mol. The number of hydrogen-bond acceptors (Lipinski definition) is 3. The molecule has 3 aliphatic rings. The Labute approximate surface area is 218 Å². The SMILES string of the molecule is Cl.O=C(CCC1CCN(CCc2c(Cl)cccc2Cl)CC1)c1cc2c3c(c1)CCN3C(=O)CC2. The zero-order chi connectivity index (χ0) is 22.9. The molecule has 0 bridgehead atoms. The number of ketones is 1. The predicted octanol–water partition coefficient (Wildman–Crippen LogP) is 6.17. The first-order chi connectivity index (χ1) is 16.0. The minimum Gasteiger partial charge on any atom is -0.312 e. The van der Waals surface area contributed by atoms with Crippen molar-refractivity contribution >= 4 is 53.0 Å². The van der Waals surface area contributed by atoms with Crippen LogP contribution in [0.1, 0.15) is 59.2 Å². The summed E-state index contributed by atoms with van der Waals surface area (Å²) in [6.45, 7) is 3.86. The number of nitrogens with zero attached hydrogens (tertiary/aromatic N) is 2.